The van der Waals surface area contributed by atoms with E-state index in [4.69, 9.17) is 0 Å². The molecular weight excluding hydrogens is 640 g/mol. The topological polar surface area (TPSA) is 54.4 Å². The summed E-state index contributed by atoms with van der Waals surface area (Å²) in [6.45, 7) is 11.7. The Hall–Kier alpha value is -0.440. The van der Waals surface area contributed by atoms with Gasteiger partial charge in [-0.1, -0.05) is 194 Å². The van der Waals surface area contributed by atoms with Crippen LogP contribution in [0, 0.1) is 0 Å². The van der Waals surface area contributed by atoms with E-state index in [1.54, 1.807) is 43.2 Å². The van der Waals surface area contributed by atoms with E-state index in [9.17, 15) is 13.0 Å². The molecule has 0 atom stereocenters. The molecule has 1 rings (SSSR count). The van der Waals surface area contributed by atoms with E-state index in [-0.39, 0.29) is 4.90 Å². The summed E-state index contributed by atoms with van der Waals surface area (Å²) in [6.07, 6.45) is 46.3. The minimum atomic E-state index is -4.10. The Labute approximate surface area is 309 Å². The van der Waals surface area contributed by atoms with E-state index in [0.717, 1.165) is 18.4 Å². The quantitative estimate of drug-likeness (QED) is 0.0437. The fourth-order valence-electron chi connectivity index (χ4n) is 7.20. The maximum Gasteiger partial charge on any atom is 0.294 e. The first-order valence-corrected chi connectivity index (χ1v) is 25.7. The second-order valence-corrected chi connectivity index (χ2v) is 21.1. The lowest BCUT2D eigenvalue weighted by molar-refractivity contribution is 0.481. The fourth-order valence-corrected chi connectivity index (χ4v) is 13.2. The van der Waals surface area contributed by atoms with Crippen molar-refractivity contribution in [2.45, 2.75) is 226 Å². The second-order valence-electron chi connectivity index (χ2n) is 15.2. The Kier molecular flexibility index (Phi) is 34.3. The number of hydrogen-bond donors (Lipinski definition) is 1. The Morgan fingerprint density at radius 3 is 1.10 bits per heavy atom. The molecule has 0 aliphatic carbocycles. The summed E-state index contributed by atoms with van der Waals surface area (Å²) >= 11 is 0. The number of aryl methyl sites for hydroxylation is 1. The zero-order chi connectivity index (χ0) is 36.3. The van der Waals surface area contributed by atoms with Gasteiger partial charge in [-0.3, -0.25) is 4.55 Å². The van der Waals surface area contributed by atoms with Crippen LogP contribution >= 0.6 is 7.26 Å². The van der Waals surface area contributed by atoms with E-state index in [2.05, 4.69) is 34.6 Å². The lowest BCUT2D eigenvalue weighted by Gasteiger charge is -2.28. The van der Waals surface area contributed by atoms with Crippen LogP contribution in [0.25, 0.3) is 0 Å². The molecule has 0 saturated heterocycles. The molecule has 3 nitrogen and oxygen atoms in total. The second kappa shape index (κ2) is 34.6. The molecule has 1 aromatic rings. The molecule has 0 spiro atoms. The number of rotatable bonds is 34. The van der Waals surface area contributed by atoms with Gasteiger partial charge in [0.2, 0.25) is 0 Å². The highest BCUT2D eigenvalue weighted by atomic mass is 32.2. The minimum absolute atomic E-state index is 0.0610. The summed E-state index contributed by atoms with van der Waals surface area (Å²) in [6, 6.07) is 6.73. The third-order valence-electron chi connectivity index (χ3n) is 10.5. The predicted octanol–water partition coefficient (Wildman–Crippen LogP) is 15.5. The molecule has 0 fully saturated rings. The molecular formula is C44H86O3PS+. The highest BCUT2D eigenvalue weighted by Crippen LogP contribution is 2.61. The zero-order valence-electron chi connectivity index (χ0n) is 33.8. The molecule has 5 heteroatoms. The van der Waals surface area contributed by atoms with Crippen molar-refractivity contribution >= 4 is 17.4 Å². The van der Waals surface area contributed by atoms with Crippen molar-refractivity contribution in [3.8, 4) is 0 Å². The van der Waals surface area contributed by atoms with Crippen LogP contribution in [0.1, 0.15) is 220 Å². The van der Waals surface area contributed by atoms with Gasteiger partial charge in [-0.15, -0.1) is 0 Å². The molecule has 0 heterocycles. The fraction of sp³-hybridized carbons (Fsp3) is 0.864. The van der Waals surface area contributed by atoms with E-state index in [0.29, 0.717) is 6.42 Å². The zero-order valence-corrected chi connectivity index (χ0v) is 35.5. The summed E-state index contributed by atoms with van der Waals surface area (Å²) in [5.74, 6) is 0. The smallest absolute Gasteiger partial charge is 0.282 e. The molecule has 0 aromatic heterocycles. The van der Waals surface area contributed by atoms with Gasteiger partial charge in [0.05, 0.1) is 29.5 Å². The maximum absolute atomic E-state index is 11.3. The van der Waals surface area contributed by atoms with Gasteiger partial charge in [-0.05, 0) is 56.6 Å². The van der Waals surface area contributed by atoms with Crippen molar-refractivity contribution < 1.29 is 13.0 Å². The van der Waals surface area contributed by atoms with Crippen molar-refractivity contribution in [2.75, 3.05) is 24.6 Å². The normalized spacial score (nSPS) is 11.9. The molecule has 1 N–H and O–H groups in total. The Morgan fingerprint density at radius 1 is 0.429 bits per heavy atom. The van der Waals surface area contributed by atoms with E-state index in [1.165, 1.54) is 167 Å². The van der Waals surface area contributed by atoms with Gasteiger partial charge < -0.3 is 0 Å². The van der Waals surface area contributed by atoms with Crippen LogP contribution in [0.3, 0.4) is 0 Å². The van der Waals surface area contributed by atoms with Gasteiger partial charge in [0.15, 0.2) is 0 Å². The van der Waals surface area contributed by atoms with Gasteiger partial charge >= 0.3 is 0 Å². The molecule has 0 amide bonds. The first-order valence-electron chi connectivity index (χ1n) is 21.7. The van der Waals surface area contributed by atoms with Crippen molar-refractivity contribution in [3.05, 3.63) is 29.8 Å². The van der Waals surface area contributed by atoms with Gasteiger partial charge in [0.25, 0.3) is 10.1 Å². The highest BCUT2D eigenvalue weighted by molar-refractivity contribution is 7.85. The van der Waals surface area contributed by atoms with Crippen LogP contribution < -0.4 is 0 Å². The third-order valence-corrected chi connectivity index (χ3v) is 16.5. The van der Waals surface area contributed by atoms with Crippen molar-refractivity contribution in [3.63, 3.8) is 0 Å². The maximum atomic E-state index is 11.3. The largest absolute Gasteiger partial charge is 0.294 e. The van der Waals surface area contributed by atoms with Crippen LogP contribution in [0.15, 0.2) is 29.2 Å². The van der Waals surface area contributed by atoms with Gasteiger partial charge in [0.1, 0.15) is 0 Å². The average Bonchev–Trinajstić information content (AvgIpc) is 3.10. The SMILES string of the molecule is CCCCCCCCCCCCCC[P+](CCCC)(CCCC)CCCC.CCCCCCCCCCCCc1ccccc1S(=O)(=O)O. The summed E-state index contributed by atoms with van der Waals surface area (Å²) in [7, 11) is -4.72. The first-order chi connectivity index (χ1) is 23.8. The summed E-state index contributed by atoms with van der Waals surface area (Å²) in [5.41, 5.74) is 0.726. The lowest BCUT2D eigenvalue weighted by Crippen LogP contribution is -2.13. The highest BCUT2D eigenvalue weighted by Gasteiger charge is 2.34. The van der Waals surface area contributed by atoms with Crippen LogP contribution in [0.4, 0.5) is 0 Å². The number of benzene rings is 1. The van der Waals surface area contributed by atoms with Gasteiger partial charge in [-0.2, -0.15) is 8.42 Å². The molecule has 1 aromatic carbocycles. The Bertz CT molecular complexity index is 910. The molecule has 49 heavy (non-hydrogen) atoms. The number of unbranched alkanes of at least 4 members (excludes halogenated alkanes) is 23. The first kappa shape index (κ1) is 48.6. The predicted molar refractivity (Wildman–Crippen MR) is 224 cm³/mol. The summed E-state index contributed by atoms with van der Waals surface area (Å²) in [4.78, 5) is 0.0610. The monoisotopic (exact) mass is 726 g/mol. The minimum Gasteiger partial charge on any atom is -0.282 e. The van der Waals surface area contributed by atoms with Crippen molar-refractivity contribution in [1.82, 2.24) is 0 Å². The molecule has 0 aliphatic rings. The lowest BCUT2D eigenvalue weighted by atomic mass is 10.0. The molecule has 0 aliphatic heterocycles. The van der Waals surface area contributed by atoms with Crippen molar-refractivity contribution in [1.29, 1.82) is 0 Å². The van der Waals surface area contributed by atoms with E-state index >= 15 is 0 Å². The molecule has 0 unspecified atom stereocenters. The van der Waals surface area contributed by atoms with Crippen LogP contribution in [0.2, 0.25) is 0 Å². The van der Waals surface area contributed by atoms with Crippen LogP contribution in [-0.2, 0) is 16.5 Å². The average molecular weight is 726 g/mol. The van der Waals surface area contributed by atoms with E-state index in [1.807, 2.05) is 6.07 Å². The van der Waals surface area contributed by atoms with E-state index < -0.39 is 17.4 Å². The molecule has 290 valence electrons. The summed E-state index contributed by atoms with van der Waals surface area (Å²) in [5, 5.41) is 0. The molecule has 0 radical (unpaired) electrons. The summed E-state index contributed by atoms with van der Waals surface area (Å²) < 4.78 is 31.8. The standard InChI is InChI=1S/C26H56P.C18H30O3S/c1-5-9-13-14-15-16-17-18-19-20-21-22-26-27(23-10-6-2,24-11-7-3)25-12-8-4;1-2-3-4-5-6-7-8-9-10-11-14-17-15-12-13-16-18(17)22(19,20)21/h5-26H2,1-4H3;12-13,15-16H,2-11,14H2,1H3,(H,19,20,21)/q+1;. The van der Waals surface area contributed by atoms with Gasteiger partial charge in [0, 0.05) is 7.26 Å². The third kappa shape index (κ3) is 28.8. The van der Waals surface area contributed by atoms with Crippen LogP contribution in [0.5, 0.6) is 0 Å². The van der Waals surface area contributed by atoms with Gasteiger partial charge in [-0.25, -0.2) is 0 Å². The molecule has 0 bridgehead atoms. The molecule has 0 saturated carbocycles. The van der Waals surface area contributed by atoms with Crippen LogP contribution in [-0.4, -0.2) is 37.6 Å². The Morgan fingerprint density at radius 2 is 0.735 bits per heavy atom. The number of hydrogen-bond acceptors (Lipinski definition) is 2. The van der Waals surface area contributed by atoms with Crippen molar-refractivity contribution in [2.24, 2.45) is 0 Å². The Balaban J connectivity index is 0.000000958.